The summed E-state index contributed by atoms with van der Waals surface area (Å²) in [5, 5.41) is 3.09. The van der Waals surface area contributed by atoms with Crippen molar-refractivity contribution in [2.24, 2.45) is 0 Å². The highest BCUT2D eigenvalue weighted by molar-refractivity contribution is 5.74. The fourth-order valence-corrected chi connectivity index (χ4v) is 4.44. The van der Waals surface area contributed by atoms with Crippen LogP contribution in [0.4, 0.5) is 10.6 Å². The van der Waals surface area contributed by atoms with Crippen molar-refractivity contribution in [3.63, 3.8) is 0 Å². The number of anilines is 1. The molecule has 5 rings (SSSR count). The van der Waals surface area contributed by atoms with E-state index < -0.39 is 0 Å². The van der Waals surface area contributed by atoms with Gasteiger partial charge in [0.1, 0.15) is 17.3 Å². The van der Waals surface area contributed by atoms with Crippen LogP contribution in [-0.2, 0) is 19.3 Å². The van der Waals surface area contributed by atoms with Crippen LogP contribution in [0.25, 0.3) is 0 Å². The second kappa shape index (κ2) is 7.81. The topological polar surface area (TPSA) is 66.9 Å². The molecule has 1 N–H and O–H groups in total. The van der Waals surface area contributed by atoms with Crippen LogP contribution in [0.2, 0.25) is 0 Å². The van der Waals surface area contributed by atoms with Crippen LogP contribution < -0.4 is 19.7 Å². The zero-order valence-corrected chi connectivity index (χ0v) is 16.5. The van der Waals surface area contributed by atoms with Gasteiger partial charge in [0.15, 0.2) is 0 Å². The van der Waals surface area contributed by atoms with E-state index in [9.17, 15) is 4.79 Å². The zero-order valence-electron chi connectivity index (χ0n) is 16.5. The second-order valence-corrected chi connectivity index (χ2v) is 7.66. The van der Waals surface area contributed by atoms with Gasteiger partial charge < -0.3 is 24.6 Å². The first-order chi connectivity index (χ1) is 14.3. The quantitative estimate of drug-likeness (QED) is 0.860. The number of nitrogens with zero attached hydrogens (tertiary/aromatic N) is 3. The number of amides is 2. The zero-order chi connectivity index (χ0) is 19.6. The van der Waals surface area contributed by atoms with Crippen molar-refractivity contribution in [3.05, 3.63) is 47.2 Å². The van der Waals surface area contributed by atoms with Crippen molar-refractivity contribution in [1.29, 1.82) is 0 Å². The molecule has 0 saturated carbocycles. The van der Waals surface area contributed by atoms with Gasteiger partial charge in [0, 0.05) is 68.5 Å². The maximum absolute atomic E-state index is 12.6. The Morgan fingerprint density at radius 1 is 1.10 bits per heavy atom. The molecule has 7 nitrogen and oxygen atoms in total. The molecule has 152 valence electrons. The van der Waals surface area contributed by atoms with E-state index in [1.165, 1.54) is 16.7 Å². The lowest BCUT2D eigenvalue weighted by atomic mass is 9.97. The summed E-state index contributed by atoms with van der Waals surface area (Å²) in [4.78, 5) is 21.1. The van der Waals surface area contributed by atoms with E-state index in [1.54, 1.807) is 6.20 Å². The molecule has 3 aliphatic heterocycles. The van der Waals surface area contributed by atoms with Gasteiger partial charge in [0.05, 0.1) is 13.2 Å². The van der Waals surface area contributed by atoms with E-state index in [1.807, 2.05) is 23.1 Å². The molecule has 29 heavy (non-hydrogen) atoms. The van der Waals surface area contributed by atoms with Crippen molar-refractivity contribution in [2.45, 2.75) is 19.3 Å². The maximum atomic E-state index is 12.6. The molecule has 0 bridgehead atoms. The fourth-order valence-electron chi connectivity index (χ4n) is 4.44. The molecule has 7 heteroatoms. The lowest BCUT2D eigenvalue weighted by Crippen LogP contribution is -2.52. The average molecular weight is 394 g/mol. The van der Waals surface area contributed by atoms with Crippen LogP contribution in [0.3, 0.4) is 0 Å². The summed E-state index contributed by atoms with van der Waals surface area (Å²) in [6.45, 7) is 5.08. The molecule has 1 aromatic heterocycles. The number of pyridine rings is 1. The Balaban J connectivity index is 1.16. The molecule has 0 aliphatic carbocycles. The largest absolute Gasteiger partial charge is 0.493 e. The van der Waals surface area contributed by atoms with Gasteiger partial charge in [0.25, 0.3) is 0 Å². The van der Waals surface area contributed by atoms with Crippen LogP contribution >= 0.6 is 0 Å². The standard InChI is InChI=1S/C22H26N4O3/c27-22(26-11-9-25(10-12-26)20-3-1-2-7-23-20)24-8-4-18-17-6-14-28-19(17)15-16-5-13-29-21(16)18/h1-3,7,15H,4-6,8-14H2,(H,24,27). The number of carbonyl (C=O) groups is 1. The van der Waals surface area contributed by atoms with E-state index in [0.29, 0.717) is 19.6 Å². The average Bonchev–Trinajstić information content (AvgIpc) is 3.43. The number of nitrogens with one attached hydrogen (secondary N) is 1. The number of benzene rings is 1. The third-order valence-electron chi connectivity index (χ3n) is 5.95. The summed E-state index contributed by atoms with van der Waals surface area (Å²) in [5.41, 5.74) is 3.70. The van der Waals surface area contributed by atoms with Crippen LogP contribution in [-0.4, -0.2) is 61.9 Å². The predicted octanol–water partition coefficient (Wildman–Crippen LogP) is 2.03. The molecule has 2 amide bonds. The van der Waals surface area contributed by atoms with E-state index in [2.05, 4.69) is 21.3 Å². The number of rotatable bonds is 4. The number of piperazine rings is 1. The smallest absolute Gasteiger partial charge is 0.317 e. The molecule has 0 atom stereocenters. The number of fused-ring (bicyclic) bond motifs is 2. The Morgan fingerprint density at radius 2 is 1.97 bits per heavy atom. The van der Waals surface area contributed by atoms with Crippen molar-refractivity contribution < 1.29 is 14.3 Å². The van der Waals surface area contributed by atoms with E-state index >= 15 is 0 Å². The number of urea groups is 1. The predicted molar refractivity (Wildman–Crippen MR) is 110 cm³/mol. The number of ether oxygens (including phenoxy) is 2. The van der Waals surface area contributed by atoms with Gasteiger partial charge in [0.2, 0.25) is 0 Å². The minimum absolute atomic E-state index is 0.00654. The summed E-state index contributed by atoms with van der Waals surface area (Å²) < 4.78 is 11.7. The fraction of sp³-hybridized carbons (Fsp3) is 0.455. The highest BCUT2D eigenvalue weighted by Gasteiger charge is 2.27. The third kappa shape index (κ3) is 3.57. The number of aromatic nitrogens is 1. The Bertz CT molecular complexity index is 862. The molecule has 1 fully saturated rings. The number of hydrogen-bond donors (Lipinski definition) is 1. The molecule has 2 aromatic rings. The first-order valence-electron chi connectivity index (χ1n) is 10.4. The summed E-state index contributed by atoms with van der Waals surface area (Å²) in [7, 11) is 0. The first kappa shape index (κ1) is 18.1. The number of carbonyl (C=O) groups excluding carboxylic acids is 1. The molecular weight excluding hydrogens is 368 g/mol. The van der Waals surface area contributed by atoms with E-state index in [4.69, 9.17) is 9.47 Å². The van der Waals surface area contributed by atoms with Gasteiger partial charge in [-0.25, -0.2) is 9.78 Å². The van der Waals surface area contributed by atoms with Gasteiger partial charge in [-0.1, -0.05) is 6.07 Å². The molecule has 1 saturated heterocycles. The van der Waals surface area contributed by atoms with Crippen molar-refractivity contribution in [2.75, 3.05) is 50.8 Å². The van der Waals surface area contributed by atoms with Crippen LogP contribution in [0, 0.1) is 0 Å². The van der Waals surface area contributed by atoms with E-state index in [-0.39, 0.29) is 6.03 Å². The summed E-state index contributed by atoms with van der Waals surface area (Å²) in [5.74, 6) is 3.00. The molecule has 0 unspecified atom stereocenters. The van der Waals surface area contributed by atoms with E-state index in [0.717, 1.165) is 62.9 Å². The Hall–Kier alpha value is -2.96. The summed E-state index contributed by atoms with van der Waals surface area (Å²) in [6.07, 6.45) is 4.44. The normalized spacial score (nSPS) is 17.4. The maximum Gasteiger partial charge on any atom is 0.317 e. The first-order valence-corrected chi connectivity index (χ1v) is 10.4. The van der Waals surface area contributed by atoms with Gasteiger partial charge in [-0.05, 0) is 24.6 Å². The van der Waals surface area contributed by atoms with Crippen LogP contribution in [0.1, 0.15) is 16.7 Å². The Labute approximate surface area is 170 Å². The minimum atomic E-state index is 0.00654. The van der Waals surface area contributed by atoms with Gasteiger partial charge in [-0.15, -0.1) is 0 Å². The highest BCUT2D eigenvalue weighted by atomic mass is 16.5. The molecule has 3 aliphatic rings. The molecule has 0 radical (unpaired) electrons. The third-order valence-corrected chi connectivity index (χ3v) is 5.95. The minimum Gasteiger partial charge on any atom is -0.493 e. The second-order valence-electron chi connectivity index (χ2n) is 7.66. The Morgan fingerprint density at radius 3 is 2.79 bits per heavy atom. The molecule has 4 heterocycles. The van der Waals surface area contributed by atoms with Crippen LogP contribution in [0.15, 0.2) is 30.5 Å². The monoisotopic (exact) mass is 394 g/mol. The van der Waals surface area contributed by atoms with Gasteiger partial charge in [-0.3, -0.25) is 0 Å². The molecule has 1 aromatic carbocycles. The summed E-state index contributed by atoms with van der Waals surface area (Å²) in [6, 6.07) is 8.06. The van der Waals surface area contributed by atoms with Crippen LogP contribution in [0.5, 0.6) is 11.5 Å². The molecular formula is C22H26N4O3. The molecule has 0 spiro atoms. The lowest BCUT2D eigenvalue weighted by Gasteiger charge is -2.35. The summed E-state index contributed by atoms with van der Waals surface area (Å²) >= 11 is 0. The number of hydrogen-bond acceptors (Lipinski definition) is 5. The van der Waals surface area contributed by atoms with Crippen molar-refractivity contribution in [3.8, 4) is 11.5 Å². The SMILES string of the molecule is O=C(NCCc1c2c(cc3c1OCC3)OCC2)N1CCN(c2ccccn2)CC1. The van der Waals surface area contributed by atoms with Crippen molar-refractivity contribution in [1.82, 2.24) is 15.2 Å². The van der Waals surface area contributed by atoms with Gasteiger partial charge in [-0.2, -0.15) is 0 Å². The van der Waals surface area contributed by atoms with Crippen molar-refractivity contribution >= 4 is 11.8 Å². The lowest BCUT2D eigenvalue weighted by molar-refractivity contribution is 0.194. The van der Waals surface area contributed by atoms with Gasteiger partial charge >= 0.3 is 6.03 Å². The highest BCUT2D eigenvalue weighted by Crippen LogP contribution is 2.40. The Kier molecular flexibility index (Phi) is 4.87.